The van der Waals surface area contributed by atoms with Crippen LogP contribution in [0.4, 0.5) is 0 Å². The first-order chi connectivity index (χ1) is 22.6. The molecule has 7 rings (SSSR count). The molecule has 7 heteroatoms. The van der Waals surface area contributed by atoms with Crippen molar-refractivity contribution in [3.05, 3.63) is 191 Å². The molecule has 1 amide bonds. The molecule has 0 bridgehead atoms. The highest BCUT2D eigenvalue weighted by molar-refractivity contribution is 8.00. The Balaban J connectivity index is 1.23. The molecule has 0 aliphatic carbocycles. The third kappa shape index (κ3) is 5.27. The van der Waals surface area contributed by atoms with Crippen molar-refractivity contribution in [2.45, 2.75) is 23.1 Å². The summed E-state index contributed by atoms with van der Waals surface area (Å²) in [4.78, 5) is 29.4. The minimum Gasteiger partial charge on any atom is -0.509 e. The van der Waals surface area contributed by atoms with Crippen LogP contribution in [-0.4, -0.2) is 39.1 Å². The number of benzene rings is 5. The molecule has 5 aromatic carbocycles. The molecule has 0 radical (unpaired) electrons. The zero-order valence-corrected chi connectivity index (χ0v) is 25.7. The fraction of sp³-hybridized carbons (Fsp3) is 0.128. The minimum atomic E-state index is -0.869. The van der Waals surface area contributed by atoms with E-state index >= 15 is 0 Å². The van der Waals surface area contributed by atoms with Gasteiger partial charge in [-0.15, -0.1) is 11.8 Å². The number of β-lactam (4-membered cyclic amide) rings is 1. The predicted molar refractivity (Wildman–Crippen MR) is 180 cm³/mol. The number of amides is 1. The molecular weight excluding hydrogens is 593 g/mol. The molecule has 2 aliphatic heterocycles. The number of rotatable bonds is 9. The van der Waals surface area contributed by atoms with Crippen molar-refractivity contribution in [2.24, 2.45) is 0 Å². The van der Waals surface area contributed by atoms with Crippen LogP contribution in [0.1, 0.15) is 33.9 Å². The van der Waals surface area contributed by atoms with E-state index in [2.05, 4.69) is 41.7 Å². The lowest BCUT2D eigenvalue weighted by Crippen LogP contribution is -2.72. The summed E-state index contributed by atoms with van der Waals surface area (Å²) < 4.78 is 6.10. The van der Waals surface area contributed by atoms with Gasteiger partial charge in [0.15, 0.2) is 11.8 Å². The minimum absolute atomic E-state index is 0.103. The molecule has 2 N–H and O–H groups in total. The van der Waals surface area contributed by atoms with E-state index in [-0.39, 0.29) is 23.1 Å². The number of hydrogen-bond acceptors (Lipinski definition) is 6. The number of fused-ring (bicyclic) bond motifs is 1. The largest absolute Gasteiger partial charge is 0.509 e. The number of nitrogens with one attached hydrogen (secondary N) is 1. The zero-order valence-electron chi connectivity index (χ0n) is 24.9. The Hall–Kier alpha value is -5.11. The van der Waals surface area contributed by atoms with Gasteiger partial charge >= 0.3 is 5.97 Å². The van der Waals surface area contributed by atoms with Crippen LogP contribution in [0.3, 0.4) is 0 Å². The van der Waals surface area contributed by atoms with Gasteiger partial charge in [0.1, 0.15) is 17.2 Å². The summed E-state index contributed by atoms with van der Waals surface area (Å²) in [6, 6.07) is 48.5. The Kier molecular flexibility index (Phi) is 8.18. The molecule has 2 aliphatic rings. The Morgan fingerprint density at radius 3 is 1.57 bits per heavy atom. The van der Waals surface area contributed by atoms with Crippen molar-refractivity contribution in [1.82, 2.24) is 10.2 Å². The molecule has 1 saturated heterocycles. The van der Waals surface area contributed by atoms with Gasteiger partial charge < -0.3 is 9.84 Å². The van der Waals surface area contributed by atoms with Crippen LogP contribution < -0.4 is 5.32 Å². The second kappa shape index (κ2) is 12.7. The molecule has 2 atom stereocenters. The van der Waals surface area contributed by atoms with E-state index < -0.39 is 29.0 Å². The normalized spacial score (nSPS) is 17.8. The molecule has 228 valence electrons. The first kappa shape index (κ1) is 29.6. The average Bonchev–Trinajstić information content (AvgIpc) is 3.13. The Morgan fingerprint density at radius 1 is 0.717 bits per heavy atom. The lowest BCUT2D eigenvalue weighted by Gasteiger charge is -2.52. The van der Waals surface area contributed by atoms with Gasteiger partial charge in [0, 0.05) is 0 Å². The van der Waals surface area contributed by atoms with Crippen molar-refractivity contribution in [2.75, 3.05) is 5.75 Å². The lowest BCUT2D eigenvalue weighted by atomic mass is 9.76. The summed E-state index contributed by atoms with van der Waals surface area (Å²) >= 11 is 1.42. The van der Waals surface area contributed by atoms with E-state index in [0.29, 0.717) is 0 Å². The fourth-order valence-electron chi connectivity index (χ4n) is 6.39. The second-order valence-electron chi connectivity index (χ2n) is 11.3. The molecule has 1 unspecified atom stereocenters. The Labute approximate surface area is 272 Å². The van der Waals surface area contributed by atoms with Crippen molar-refractivity contribution in [1.29, 1.82) is 0 Å². The van der Waals surface area contributed by atoms with E-state index in [4.69, 9.17) is 4.74 Å². The van der Waals surface area contributed by atoms with Crippen LogP contribution in [0.25, 0.3) is 0 Å². The summed E-state index contributed by atoms with van der Waals surface area (Å²) in [6.45, 7) is 0. The predicted octanol–water partition coefficient (Wildman–Crippen LogP) is 6.95. The number of thioether (sulfide) groups is 1. The van der Waals surface area contributed by atoms with Gasteiger partial charge in [-0.25, -0.2) is 4.79 Å². The highest BCUT2D eigenvalue weighted by atomic mass is 32.2. The van der Waals surface area contributed by atoms with Crippen LogP contribution in [0, 0.1) is 0 Å². The monoisotopic (exact) mass is 624 g/mol. The SMILES string of the molecule is O=C(OC(c1ccccc1)c1ccccc1)C1=C(O)CS[C@@H]2C(NC(c3ccccc3)(c3ccccc3)c3ccccc3)C(=O)N12. The van der Waals surface area contributed by atoms with Crippen LogP contribution in [0.15, 0.2) is 163 Å². The second-order valence-corrected chi connectivity index (χ2v) is 12.4. The highest BCUT2D eigenvalue weighted by Gasteiger charge is 2.57. The summed E-state index contributed by atoms with van der Waals surface area (Å²) in [5.41, 5.74) is 3.54. The Bertz CT molecular complexity index is 1720. The molecule has 6 nitrogen and oxygen atoms in total. The van der Waals surface area contributed by atoms with Gasteiger partial charge in [-0.05, 0) is 27.8 Å². The number of nitrogens with zero attached hydrogens (tertiary/aromatic N) is 1. The van der Waals surface area contributed by atoms with E-state index in [9.17, 15) is 14.7 Å². The number of aliphatic hydroxyl groups excluding tert-OH is 1. The van der Waals surface area contributed by atoms with Gasteiger partial charge in [0.05, 0.1) is 11.3 Å². The van der Waals surface area contributed by atoms with Crippen molar-refractivity contribution in [3.63, 3.8) is 0 Å². The summed E-state index contributed by atoms with van der Waals surface area (Å²) in [6.07, 6.45) is -0.713. The number of carbonyl (C=O) groups is 2. The maximum absolute atomic E-state index is 14.2. The molecule has 1 fully saturated rings. The van der Waals surface area contributed by atoms with Gasteiger partial charge in [0.2, 0.25) is 5.91 Å². The van der Waals surface area contributed by atoms with Crippen molar-refractivity contribution >= 4 is 23.6 Å². The first-order valence-corrected chi connectivity index (χ1v) is 16.2. The number of esters is 1. The maximum atomic E-state index is 14.2. The van der Waals surface area contributed by atoms with Gasteiger partial charge in [-0.1, -0.05) is 152 Å². The van der Waals surface area contributed by atoms with Crippen LogP contribution in [-0.2, 0) is 19.9 Å². The topological polar surface area (TPSA) is 78.9 Å². The van der Waals surface area contributed by atoms with E-state index in [0.717, 1.165) is 27.8 Å². The summed E-state index contributed by atoms with van der Waals surface area (Å²) in [5, 5.41) is 14.4. The smallest absolute Gasteiger partial charge is 0.359 e. The molecular formula is C39H32N2O4S. The van der Waals surface area contributed by atoms with Gasteiger partial charge in [-0.2, -0.15) is 0 Å². The fourth-order valence-corrected chi connectivity index (χ4v) is 7.59. The lowest BCUT2D eigenvalue weighted by molar-refractivity contribution is -0.154. The number of ether oxygens (including phenoxy) is 1. The third-order valence-electron chi connectivity index (χ3n) is 8.56. The van der Waals surface area contributed by atoms with Crippen LogP contribution >= 0.6 is 11.8 Å². The van der Waals surface area contributed by atoms with Crippen LogP contribution in [0.2, 0.25) is 0 Å². The zero-order chi connectivity index (χ0) is 31.5. The third-order valence-corrected chi connectivity index (χ3v) is 9.83. The van der Waals surface area contributed by atoms with E-state index in [1.807, 2.05) is 115 Å². The number of carbonyl (C=O) groups excluding carboxylic acids is 2. The molecule has 46 heavy (non-hydrogen) atoms. The van der Waals surface area contributed by atoms with Gasteiger partial charge in [0.25, 0.3) is 0 Å². The summed E-state index contributed by atoms with van der Waals surface area (Å²) in [7, 11) is 0. The Morgan fingerprint density at radius 2 is 1.13 bits per heavy atom. The molecule has 0 saturated carbocycles. The molecule has 0 spiro atoms. The average molecular weight is 625 g/mol. The van der Waals surface area contributed by atoms with Crippen molar-refractivity contribution in [3.8, 4) is 0 Å². The quantitative estimate of drug-likeness (QED) is 0.105. The standard InChI is InChI=1S/C39H32N2O4S/c42-32-26-46-37-33(40-39(29-20-10-3-11-21-29,30-22-12-4-13-23-30)31-24-14-5-15-25-31)36(43)41(37)34(32)38(44)45-35(27-16-6-1-7-17-27)28-18-8-2-9-19-28/h1-25,33,35,37,40,42H,26H2/t33?,37-/m1/s1. The van der Waals surface area contributed by atoms with Crippen LogP contribution in [0.5, 0.6) is 0 Å². The molecule has 5 aromatic rings. The molecule has 2 heterocycles. The molecule has 0 aromatic heterocycles. The number of aliphatic hydroxyl groups is 1. The maximum Gasteiger partial charge on any atom is 0.359 e. The van der Waals surface area contributed by atoms with Gasteiger partial charge in [-0.3, -0.25) is 15.0 Å². The van der Waals surface area contributed by atoms with E-state index in [1.165, 1.54) is 16.7 Å². The first-order valence-electron chi connectivity index (χ1n) is 15.2. The highest BCUT2D eigenvalue weighted by Crippen LogP contribution is 2.45. The van der Waals surface area contributed by atoms with Crippen molar-refractivity contribution < 1.29 is 19.4 Å². The van der Waals surface area contributed by atoms with E-state index in [1.54, 1.807) is 0 Å². The number of hydrogen-bond donors (Lipinski definition) is 2. The summed E-state index contributed by atoms with van der Waals surface area (Å²) in [5.74, 6) is -1.04.